The minimum atomic E-state index is -0.763. The smallest absolute Gasteiger partial charge is 0.251 e. The molecule has 1 aliphatic rings. The van der Waals surface area contributed by atoms with Gasteiger partial charge in [-0.05, 0) is 56.4 Å². The maximum atomic E-state index is 13.7. The molecule has 1 fully saturated rings. The second kappa shape index (κ2) is 17.6. The predicted molar refractivity (Wildman–Crippen MR) is 152 cm³/mol. The van der Waals surface area contributed by atoms with E-state index in [9.17, 15) is 14.4 Å². The van der Waals surface area contributed by atoms with Crippen LogP contribution in [0.1, 0.15) is 86.7 Å². The molecule has 3 amide bonds. The third kappa shape index (κ3) is 11.3. The van der Waals surface area contributed by atoms with Crippen molar-refractivity contribution in [3.05, 3.63) is 47.3 Å². The van der Waals surface area contributed by atoms with Crippen LogP contribution in [0, 0.1) is 13.8 Å². The summed E-state index contributed by atoms with van der Waals surface area (Å²) in [4.78, 5) is 43.4. The lowest BCUT2D eigenvalue weighted by molar-refractivity contribution is -0.133. The van der Waals surface area contributed by atoms with Gasteiger partial charge in [0.25, 0.3) is 5.91 Å². The van der Waals surface area contributed by atoms with Crippen LogP contribution < -0.4 is 10.6 Å². The molecule has 1 unspecified atom stereocenters. The van der Waals surface area contributed by atoms with Crippen LogP contribution in [-0.4, -0.2) is 73.0 Å². The number of hydrogen-bond donors (Lipinski definition) is 2. The highest BCUT2D eigenvalue weighted by Crippen LogP contribution is 2.13. The maximum absolute atomic E-state index is 13.7. The largest absolute Gasteiger partial charge is 0.378 e. The molecule has 0 aliphatic carbocycles. The monoisotopic (exact) mass is 528 g/mol. The Morgan fingerprint density at radius 1 is 1.00 bits per heavy atom. The van der Waals surface area contributed by atoms with Gasteiger partial charge < -0.3 is 25.2 Å². The first-order valence-electron chi connectivity index (χ1n) is 14.3. The van der Waals surface area contributed by atoms with E-state index in [1.807, 2.05) is 37.1 Å². The number of morpholine rings is 1. The van der Waals surface area contributed by atoms with Gasteiger partial charge in [0, 0.05) is 50.6 Å². The third-order valence-electron chi connectivity index (χ3n) is 6.98. The van der Waals surface area contributed by atoms with E-state index in [4.69, 9.17) is 4.74 Å². The Morgan fingerprint density at radius 3 is 2.26 bits per heavy atom. The standard InChI is InChI=1S/C30H48N4O4/c1-5-7-9-16-34(17-10-8-6-2)30(37)27(32-29(36)26-12-11-24(3)25(4)23-26)13-14-28(35)31-15-18-33-19-21-38-22-20-33/h11-12,15,18,23,27H,5-10,13-14,16-17,19-22H2,1-4H3,(H,31,35)(H,32,36)/b18-15+. The summed E-state index contributed by atoms with van der Waals surface area (Å²) in [5.41, 5.74) is 2.65. The lowest BCUT2D eigenvalue weighted by Crippen LogP contribution is -2.49. The molecule has 2 N–H and O–H groups in total. The quantitative estimate of drug-likeness (QED) is 0.312. The zero-order valence-corrected chi connectivity index (χ0v) is 23.9. The van der Waals surface area contributed by atoms with Crippen LogP contribution in [0.5, 0.6) is 0 Å². The fraction of sp³-hybridized carbons (Fsp3) is 0.633. The Bertz CT molecular complexity index is 902. The van der Waals surface area contributed by atoms with Gasteiger partial charge in [0.1, 0.15) is 6.04 Å². The molecule has 0 aromatic heterocycles. The molecule has 212 valence electrons. The summed E-state index contributed by atoms with van der Waals surface area (Å²) in [7, 11) is 0. The Balaban J connectivity index is 2.09. The first-order chi connectivity index (χ1) is 18.3. The highest BCUT2D eigenvalue weighted by Gasteiger charge is 2.27. The van der Waals surface area contributed by atoms with Crippen LogP contribution in [0.2, 0.25) is 0 Å². The Morgan fingerprint density at radius 2 is 1.66 bits per heavy atom. The summed E-state index contributed by atoms with van der Waals surface area (Å²) >= 11 is 0. The molecule has 38 heavy (non-hydrogen) atoms. The number of benzene rings is 1. The van der Waals surface area contributed by atoms with E-state index in [2.05, 4.69) is 29.4 Å². The van der Waals surface area contributed by atoms with Gasteiger partial charge in [-0.3, -0.25) is 14.4 Å². The van der Waals surface area contributed by atoms with Gasteiger partial charge in [-0.15, -0.1) is 0 Å². The van der Waals surface area contributed by atoms with Gasteiger partial charge in [0.2, 0.25) is 11.8 Å². The molecular weight excluding hydrogens is 480 g/mol. The van der Waals surface area contributed by atoms with E-state index in [1.165, 1.54) is 0 Å². The lowest BCUT2D eigenvalue weighted by atomic mass is 10.0. The van der Waals surface area contributed by atoms with E-state index in [-0.39, 0.29) is 30.6 Å². The SMILES string of the molecule is CCCCCN(CCCCC)C(=O)C(CCC(=O)N/C=C/N1CCOCC1)NC(=O)c1ccc(C)c(C)c1. The number of ether oxygens (including phenoxy) is 1. The van der Waals surface area contributed by atoms with Gasteiger partial charge in [-0.25, -0.2) is 0 Å². The van der Waals surface area contributed by atoms with Crippen molar-refractivity contribution in [2.45, 2.75) is 85.1 Å². The maximum Gasteiger partial charge on any atom is 0.251 e. The van der Waals surface area contributed by atoms with Crippen molar-refractivity contribution >= 4 is 17.7 Å². The Hall–Kier alpha value is -2.87. The summed E-state index contributed by atoms with van der Waals surface area (Å²) < 4.78 is 5.34. The Kier molecular flexibility index (Phi) is 14.5. The highest BCUT2D eigenvalue weighted by atomic mass is 16.5. The van der Waals surface area contributed by atoms with Crippen LogP contribution in [0.4, 0.5) is 0 Å². The number of amides is 3. The molecule has 0 saturated carbocycles. The predicted octanol–water partition coefficient (Wildman–Crippen LogP) is 4.31. The van der Waals surface area contributed by atoms with Crippen molar-refractivity contribution in [3.8, 4) is 0 Å². The van der Waals surface area contributed by atoms with Crippen LogP contribution in [-0.2, 0) is 14.3 Å². The highest BCUT2D eigenvalue weighted by molar-refractivity contribution is 5.98. The molecule has 2 rings (SSSR count). The summed E-state index contributed by atoms with van der Waals surface area (Å²) in [6.07, 6.45) is 9.97. The van der Waals surface area contributed by atoms with E-state index in [0.29, 0.717) is 31.9 Å². The van der Waals surface area contributed by atoms with Crippen molar-refractivity contribution in [2.24, 2.45) is 0 Å². The molecule has 1 atom stereocenters. The van der Waals surface area contributed by atoms with Crippen LogP contribution in [0.3, 0.4) is 0 Å². The van der Waals surface area contributed by atoms with Crippen molar-refractivity contribution < 1.29 is 19.1 Å². The number of aryl methyl sites for hydroxylation is 2. The first kappa shape index (κ1) is 31.3. The normalized spacial score (nSPS) is 14.4. The summed E-state index contributed by atoms with van der Waals surface area (Å²) in [6.45, 7) is 12.5. The topological polar surface area (TPSA) is 91.0 Å². The van der Waals surface area contributed by atoms with Crippen molar-refractivity contribution in [1.29, 1.82) is 0 Å². The lowest BCUT2D eigenvalue weighted by Gasteiger charge is -2.28. The van der Waals surface area contributed by atoms with Crippen LogP contribution in [0.25, 0.3) is 0 Å². The Labute approximate surface area is 229 Å². The van der Waals surface area contributed by atoms with Crippen molar-refractivity contribution in [1.82, 2.24) is 20.4 Å². The zero-order valence-electron chi connectivity index (χ0n) is 23.9. The second-order valence-electron chi connectivity index (χ2n) is 10.1. The minimum absolute atomic E-state index is 0.106. The van der Waals surface area contributed by atoms with E-state index < -0.39 is 6.04 Å². The molecule has 1 saturated heterocycles. The van der Waals surface area contributed by atoms with Crippen molar-refractivity contribution in [2.75, 3.05) is 39.4 Å². The number of hydrogen-bond acceptors (Lipinski definition) is 5. The molecular formula is C30H48N4O4. The number of carbonyl (C=O) groups excluding carboxylic acids is 3. The average molecular weight is 529 g/mol. The number of unbranched alkanes of at least 4 members (excludes halogenated alkanes) is 4. The molecule has 8 heteroatoms. The van der Waals surface area contributed by atoms with Gasteiger partial charge in [-0.1, -0.05) is 45.6 Å². The fourth-order valence-corrected chi connectivity index (χ4v) is 4.35. The zero-order chi connectivity index (χ0) is 27.8. The number of nitrogens with zero attached hydrogens (tertiary/aromatic N) is 2. The van der Waals surface area contributed by atoms with Gasteiger partial charge in [0.15, 0.2) is 0 Å². The molecule has 0 radical (unpaired) electrons. The molecule has 0 spiro atoms. The number of nitrogens with one attached hydrogen (secondary N) is 2. The van der Waals surface area contributed by atoms with Crippen LogP contribution in [0.15, 0.2) is 30.6 Å². The summed E-state index contributed by atoms with van der Waals surface area (Å²) in [5, 5.41) is 5.75. The molecule has 1 aromatic carbocycles. The average Bonchev–Trinajstić information content (AvgIpc) is 2.92. The van der Waals surface area contributed by atoms with Gasteiger partial charge >= 0.3 is 0 Å². The number of rotatable bonds is 16. The van der Waals surface area contributed by atoms with Gasteiger partial charge in [0.05, 0.1) is 13.2 Å². The first-order valence-corrected chi connectivity index (χ1v) is 14.3. The van der Waals surface area contributed by atoms with E-state index in [1.54, 1.807) is 12.3 Å². The molecule has 1 aliphatic heterocycles. The van der Waals surface area contributed by atoms with E-state index >= 15 is 0 Å². The van der Waals surface area contributed by atoms with E-state index in [0.717, 1.165) is 62.7 Å². The summed E-state index contributed by atoms with van der Waals surface area (Å²) in [6, 6.07) is 4.77. The molecule has 0 bridgehead atoms. The molecule has 8 nitrogen and oxygen atoms in total. The number of carbonyl (C=O) groups is 3. The van der Waals surface area contributed by atoms with Gasteiger partial charge in [-0.2, -0.15) is 0 Å². The van der Waals surface area contributed by atoms with Crippen LogP contribution >= 0.6 is 0 Å². The second-order valence-corrected chi connectivity index (χ2v) is 10.1. The minimum Gasteiger partial charge on any atom is -0.378 e. The summed E-state index contributed by atoms with van der Waals surface area (Å²) in [5.74, 6) is -0.580. The van der Waals surface area contributed by atoms with Crippen molar-refractivity contribution in [3.63, 3.8) is 0 Å². The fourth-order valence-electron chi connectivity index (χ4n) is 4.35. The third-order valence-corrected chi connectivity index (χ3v) is 6.98. The molecule has 1 aromatic rings. The molecule has 1 heterocycles.